The number of rotatable bonds is 5. The van der Waals surface area contributed by atoms with Gasteiger partial charge in [-0.15, -0.1) is 11.3 Å². The molecular weight excluding hydrogens is 268 g/mol. The zero-order chi connectivity index (χ0) is 13.0. The monoisotopic (exact) mass is 282 g/mol. The van der Waals surface area contributed by atoms with Crippen molar-refractivity contribution in [1.29, 1.82) is 0 Å². The number of aromatic nitrogens is 3. The first-order valence-electron chi connectivity index (χ1n) is 5.55. The standard InChI is InChI=1S/C11H14N4OS2/c1-3-15-5-4-12-11(15)18-7-9(16)14-10-13-8(2)6-17-10/h4-6H,3,7H2,1-2H3,(H,13,14,16). The molecule has 2 aromatic heterocycles. The van der Waals surface area contributed by atoms with Gasteiger partial charge in [-0.3, -0.25) is 4.79 Å². The molecule has 2 aromatic rings. The van der Waals surface area contributed by atoms with E-state index in [1.165, 1.54) is 23.1 Å². The van der Waals surface area contributed by atoms with Gasteiger partial charge in [0.05, 0.1) is 11.4 Å². The third-order valence-corrected chi connectivity index (χ3v) is 4.10. The van der Waals surface area contributed by atoms with Gasteiger partial charge in [-0.1, -0.05) is 11.8 Å². The van der Waals surface area contributed by atoms with Crippen LogP contribution in [0.2, 0.25) is 0 Å². The second kappa shape index (κ2) is 6.01. The SMILES string of the molecule is CCn1ccnc1SCC(=O)Nc1nc(C)cs1. The molecule has 2 rings (SSSR count). The number of hydrogen-bond donors (Lipinski definition) is 1. The summed E-state index contributed by atoms with van der Waals surface area (Å²) in [7, 11) is 0. The Morgan fingerprint density at radius 1 is 1.61 bits per heavy atom. The number of carbonyl (C=O) groups excluding carboxylic acids is 1. The Kier molecular flexibility index (Phi) is 4.38. The maximum absolute atomic E-state index is 11.7. The molecule has 0 aliphatic rings. The first-order chi connectivity index (χ1) is 8.69. The number of amides is 1. The van der Waals surface area contributed by atoms with E-state index in [4.69, 9.17) is 0 Å². The van der Waals surface area contributed by atoms with E-state index in [1.807, 2.05) is 30.0 Å². The van der Waals surface area contributed by atoms with Crippen molar-refractivity contribution < 1.29 is 4.79 Å². The highest BCUT2D eigenvalue weighted by atomic mass is 32.2. The Labute approximate surface area is 114 Å². The van der Waals surface area contributed by atoms with E-state index in [0.29, 0.717) is 10.9 Å². The van der Waals surface area contributed by atoms with E-state index in [9.17, 15) is 4.79 Å². The second-order valence-corrected chi connectivity index (χ2v) is 5.43. The molecule has 0 aromatic carbocycles. The Morgan fingerprint density at radius 3 is 3.11 bits per heavy atom. The molecule has 0 saturated carbocycles. The summed E-state index contributed by atoms with van der Waals surface area (Å²) in [5, 5.41) is 6.20. The lowest BCUT2D eigenvalue weighted by molar-refractivity contribution is -0.113. The highest BCUT2D eigenvalue weighted by Crippen LogP contribution is 2.18. The van der Waals surface area contributed by atoms with Gasteiger partial charge in [0.2, 0.25) is 5.91 Å². The maximum atomic E-state index is 11.7. The quantitative estimate of drug-likeness (QED) is 0.856. The van der Waals surface area contributed by atoms with Crippen molar-refractivity contribution in [2.24, 2.45) is 0 Å². The summed E-state index contributed by atoms with van der Waals surface area (Å²) in [6, 6.07) is 0. The summed E-state index contributed by atoms with van der Waals surface area (Å²) in [6.45, 7) is 4.80. The van der Waals surface area contributed by atoms with Crippen molar-refractivity contribution >= 4 is 34.1 Å². The molecular formula is C11H14N4OS2. The van der Waals surface area contributed by atoms with Crippen molar-refractivity contribution in [3.05, 3.63) is 23.5 Å². The average molecular weight is 282 g/mol. The lowest BCUT2D eigenvalue weighted by atomic mass is 10.6. The van der Waals surface area contributed by atoms with Crippen molar-refractivity contribution in [1.82, 2.24) is 14.5 Å². The first kappa shape index (κ1) is 13.1. The van der Waals surface area contributed by atoms with Crippen LogP contribution in [0.1, 0.15) is 12.6 Å². The van der Waals surface area contributed by atoms with Crippen molar-refractivity contribution in [3.63, 3.8) is 0 Å². The number of thioether (sulfide) groups is 1. The van der Waals surface area contributed by atoms with E-state index in [1.54, 1.807) is 6.20 Å². The van der Waals surface area contributed by atoms with Crippen LogP contribution in [-0.2, 0) is 11.3 Å². The number of imidazole rings is 1. The van der Waals surface area contributed by atoms with E-state index in [-0.39, 0.29) is 5.91 Å². The van der Waals surface area contributed by atoms with Gasteiger partial charge in [-0.2, -0.15) is 0 Å². The van der Waals surface area contributed by atoms with Crippen LogP contribution in [0, 0.1) is 6.92 Å². The zero-order valence-electron chi connectivity index (χ0n) is 10.2. The number of aryl methyl sites for hydroxylation is 2. The highest BCUT2D eigenvalue weighted by molar-refractivity contribution is 7.99. The zero-order valence-corrected chi connectivity index (χ0v) is 11.8. The molecule has 2 heterocycles. The fourth-order valence-electron chi connectivity index (χ4n) is 1.37. The molecule has 5 nitrogen and oxygen atoms in total. The number of anilines is 1. The number of thiazole rings is 1. The van der Waals surface area contributed by atoms with Crippen LogP contribution >= 0.6 is 23.1 Å². The van der Waals surface area contributed by atoms with Crippen LogP contribution in [0.15, 0.2) is 22.9 Å². The summed E-state index contributed by atoms with van der Waals surface area (Å²) < 4.78 is 2.01. The lowest BCUT2D eigenvalue weighted by Crippen LogP contribution is -2.14. The maximum Gasteiger partial charge on any atom is 0.236 e. The lowest BCUT2D eigenvalue weighted by Gasteiger charge is -2.03. The number of carbonyl (C=O) groups is 1. The van der Waals surface area contributed by atoms with Crippen LogP contribution in [0.3, 0.4) is 0 Å². The number of hydrogen-bond acceptors (Lipinski definition) is 5. The van der Waals surface area contributed by atoms with E-state index >= 15 is 0 Å². The summed E-state index contributed by atoms with van der Waals surface area (Å²) in [5.41, 5.74) is 0.921. The fourth-order valence-corrected chi connectivity index (χ4v) is 2.90. The Balaban J connectivity index is 1.85. The molecule has 1 N–H and O–H groups in total. The molecule has 7 heteroatoms. The number of nitrogens with one attached hydrogen (secondary N) is 1. The van der Waals surface area contributed by atoms with Gasteiger partial charge in [0.25, 0.3) is 0 Å². The second-order valence-electron chi connectivity index (χ2n) is 3.63. The molecule has 0 unspecified atom stereocenters. The fraction of sp³-hybridized carbons (Fsp3) is 0.364. The summed E-state index contributed by atoms with van der Waals surface area (Å²) in [6.07, 6.45) is 3.65. The van der Waals surface area contributed by atoms with Gasteiger partial charge >= 0.3 is 0 Å². The van der Waals surface area contributed by atoms with Gasteiger partial charge in [0.1, 0.15) is 0 Å². The van der Waals surface area contributed by atoms with Gasteiger partial charge in [0.15, 0.2) is 10.3 Å². The molecule has 0 radical (unpaired) electrons. The topological polar surface area (TPSA) is 59.8 Å². The molecule has 0 atom stereocenters. The first-order valence-corrected chi connectivity index (χ1v) is 7.41. The predicted octanol–water partition coefficient (Wildman–Crippen LogP) is 2.40. The summed E-state index contributed by atoms with van der Waals surface area (Å²) in [5.74, 6) is 0.287. The summed E-state index contributed by atoms with van der Waals surface area (Å²) in [4.78, 5) is 20.1. The van der Waals surface area contributed by atoms with Crippen LogP contribution in [0.4, 0.5) is 5.13 Å². The smallest absolute Gasteiger partial charge is 0.236 e. The Morgan fingerprint density at radius 2 is 2.44 bits per heavy atom. The number of nitrogens with zero attached hydrogens (tertiary/aromatic N) is 3. The minimum absolute atomic E-state index is 0.0556. The van der Waals surface area contributed by atoms with E-state index < -0.39 is 0 Å². The van der Waals surface area contributed by atoms with Gasteiger partial charge in [-0.25, -0.2) is 9.97 Å². The normalized spacial score (nSPS) is 10.6. The minimum Gasteiger partial charge on any atom is -0.326 e. The predicted molar refractivity (Wildman–Crippen MR) is 74.1 cm³/mol. The van der Waals surface area contributed by atoms with Crippen LogP contribution in [0.5, 0.6) is 0 Å². The van der Waals surface area contributed by atoms with Crippen LogP contribution < -0.4 is 5.32 Å². The molecule has 0 spiro atoms. The van der Waals surface area contributed by atoms with Crippen LogP contribution in [0.25, 0.3) is 0 Å². The van der Waals surface area contributed by atoms with Gasteiger partial charge in [0, 0.05) is 24.3 Å². The van der Waals surface area contributed by atoms with Crippen molar-refractivity contribution in [3.8, 4) is 0 Å². The van der Waals surface area contributed by atoms with Gasteiger partial charge < -0.3 is 9.88 Å². The van der Waals surface area contributed by atoms with Crippen molar-refractivity contribution in [2.75, 3.05) is 11.1 Å². The third-order valence-electron chi connectivity index (χ3n) is 2.22. The molecule has 0 aliphatic heterocycles. The molecule has 0 fully saturated rings. The Bertz CT molecular complexity index is 535. The molecule has 96 valence electrons. The largest absolute Gasteiger partial charge is 0.326 e. The van der Waals surface area contributed by atoms with Crippen LogP contribution in [-0.4, -0.2) is 26.2 Å². The van der Waals surface area contributed by atoms with Crippen molar-refractivity contribution in [2.45, 2.75) is 25.5 Å². The average Bonchev–Trinajstić information content (AvgIpc) is 2.95. The molecule has 1 amide bonds. The van der Waals surface area contributed by atoms with Gasteiger partial charge in [-0.05, 0) is 13.8 Å². The minimum atomic E-state index is -0.0556. The molecule has 18 heavy (non-hydrogen) atoms. The summed E-state index contributed by atoms with van der Waals surface area (Å²) >= 11 is 2.86. The van der Waals surface area contributed by atoms with E-state index in [2.05, 4.69) is 15.3 Å². The Hall–Kier alpha value is -1.34. The molecule has 0 bridgehead atoms. The van der Waals surface area contributed by atoms with E-state index in [0.717, 1.165) is 17.4 Å². The molecule has 0 aliphatic carbocycles. The molecule has 0 saturated heterocycles. The third kappa shape index (κ3) is 3.33. The highest BCUT2D eigenvalue weighted by Gasteiger charge is 2.08.